The number of nitrogens with zero attached hydrogens (tertiary/aromatic N) is 2. The van der Waals surface area contributed by atoms with Crippen molar-refractivity contribution in [2.24, 2.45) is 0 Å². The van der Waals surface area contributed by atoms with E-state index < -0.39 is 12.2 Å². The molecule has 0 spiro atoms. The van der Waals surface area contributed by atoms with E-state index in [1.165, 1.54) is 0 Å². The Morgan fingerprint density at radius 3 is 2.69 bits per heavy atom. The highest BCUT2D eigenvalue weighted by atomic mass is 16.3. The first-order valence-corrected chi connectivity index (χ1v) is 5.50. The molecule has 0 radical (unpaired) electrons. The number of aliphatic hydroxyl groups excluding tert-OH is 2. The van der Waals surface area contributed by atoms with E-state index in [-0.39, 0.29) is 0 Å². The second-order valence-corrected chi connectivity index (χ2v) is 4.00. The van der Waals surface area contributed by atoms with Gasteiger partial charge in [-0.25, -0.2) is 0 Å². The highest BCUT2D eigenvalue weighted by Gasteiger charge is 2.29. The number of hydrogen-bond donors (Lipinski definition) is 3. The Hall–Kier alpha value is -1.33. The predicted molar refractivity (Wildman–Crippen MR) is 62.6 cm³/mol. The molecule has 2 atom stereocenters. The highest BCUT2D eigenvalue weighted by molar-refractivity contribution is 5.56. The van der Waals surface area contributed by atoms with E-state index in [4.69, 9.17) is 0 Å². The average molecular weight is 223 g/mol. The van der Waals surface area contributed by atoms with Gasteiger partial charge in [-0.1, -0.05) is 0 Å². The second kappa shape index (κ2) is 4.67. The van der Waals surface area contributed by atoms with E-state index in [0.29, 0.717) is 13.1 Å². The summed E-state index contributed by atoms with van der Waals surface area (Å²) in [4.78, 5) is 6.06. The molecule has 3 N–H and O–H groups in total. The molecule has 1 aromatic rings. The summed E-state index contributed by atoms with van der Waals surface area (Å²) in [5.41, 5.74) is 1.88. The number of pyridine rings is 1. The summed E-state index contributed by atoms with van der Waals surface area (Å²) in [6.07, 6.45) is 2.17. The van der Waals surface area contributed by atoms with E-state index in [0.717, 1.165) is 17.9 Å². The summed E-state index contributed by atoms with van der Waals surface area (Å²) < 4.78 is 0. The summed E-state index contributed by atoms with van der Waals surface area (Å²) >= 11 is 0. The lowest BCUT2D eigenvalue weighted by Crippen LogP contribution is -2.22. The molecule has 5 nitrogen and oxygen atoms in total. The number of aliphatic hydroxyl groups is 2. The van der Waals surface area contributed by atoms with Crippen LogP contribution >= 0.6 is 0 Å². The third-order valence-electron chi connectivity index (χ3n) is 2.73. The number of anilines is 2. The van der Waals surface area contributed by atoms with Gasteiger partial charge in [0.05, 0.1) is 36.0 Å². The maximum atomic E-state index is 9.47. The lowest BCUT2D eigenvalue weighted by molar-refractivity contribution is 0.0572. The van der Waals surface area contributed by atoms with E-state index >= 15 is 0 Å². The van der Waals surface area contributed by atoms with Crippen molar-refractivity contribution in [3.63, 3.8) is 0 Å². The minimum absolute atomic E-state index is 0.457. The van der Waals surface area contributed by atoms with Crippen molar-refractivity contribution in [3.8, 4) is 0 Å². The smallest absolute Gasteiger partial charge is 0.0990 e. The molecule has 2 heterocycles. The van der Waals surface area contributed by atoms with Crippen LogP contribution in [0.3, 0.4) is 0 Å². The molecular weight excluding hydrogens is 206 g/mol. The maximum absolute atomic E-state index is 9.47. The largest absolute Gasteiger partial charge is 0.389 e. The summed E-state index contributed by atoms with van der Waals surface area (Å²) in [7, 11) is 0. The van der Waals surface area contributed by atoms with Gasteiger partial charge in [-0.15, -0.1) is 0 Å². The first kappa shape index (κ1) is 11.2. The van der Waals surface area contributed by atoms with Gasteiger partial charge in [0.2, 0.25) is 0 Å². The fourth-order valence-electron chi connectivity index (χ4n) is 1.88. The van der Waals surface area contributed by atoms with Gasteiger partial charge < -0.3 is 20.4 Å². The molecule has 2 rings (SSSR count). The Kier molecular flexibility index (Phi) is 3.26. The van der Waals surface area contributed by atoms with Gasteiger partial charge in [0.15, 0.2) is 0 Å². The van der Waals surface area contributed by atoms with Crippen LogP contribution in [0.25, 0.3) is 0 Å². The molecule has 5 heteroatoms. The molecule has 0 aliphatic carbocycles. The third kappa shape index (κ3) is 2.25. The SMILES string of the molecule is CCNc1cncc(N2CC(O)C(O)C2)c1. The number of aromatic nitrogens is 1. The van der Waals surface area contributed by atoms with Crippen molar-refractivity contribution in [1.82, 2.24) is 4.98 Å². The molecule has 0 amide bonds. The summed E-state index contributed by atoms with van der Waals surface area (Å²) in [6.45, 7) is 3.78. The minimum atomic E-state index is -0.664. The van der Waals surface area contributed by atoms with Gasteiger partial charge in [-0.05, 0) is 13.0 Å². The van der Waals surface area contributed by atoms with Crippen LogP contribution in [-0.2, 0) is 0 Å². The Balaban J connectivity index is 2.12. The van der Waals surface area contributed by atoms with Crippen LogP contribution in [0.2, 0.25) is 0 Å². The zero-order valence-corrected chi connectivity index (χ0v) is 9.30. The summed E-state index contributed by atoms with van der Waals surface area (Å²) in [5.74, 6) is 0. The second-order valence-electron chi connectivity index (χ2n) is 4.00. The Labute approximate surface area is 94.7 Å². The molecule has 2 unspecified atom stereocenters. The number of rotatable bonds is 3. The summed E-state index contributed by atoms with van der Waals surface area (Å²) in [5, 5.41) is 22.1. The van der Waals surface area contributed by atoms with E-state index in [9.17, 15) is 10.2 Å². The normalized spacial score (nSPS) is 24.8. The Morgan fingerprint density at radius 2 is 2.06 bits per heavy atom. The monoisotopic (exact) mass is 223 g/mol. The van der Waals surface area contributed by atoms with Crippen LogP contribution in [0.1, 0.15) is 6.92 Å². The molecule has 1 aromatic heterocycles. The van der Waals surface area contributed by atoms with Crippen molar-refractivity contribution in [1.29, 1.82) is 0 Å². The quantitative estimate of drug-likeness (QED) is 0.676. The minimum Gasteiger partial charge on any atom is -0.389 e. The van der Waals surface area contributed by atoms with Gasteiger partial charge in [-0.3, -0.25) is 4.98 Å². The molecule has 88 valence electrons. The molecular formula is C11H17N3O2. The molecule has 1 fully saturated rings. The molecule has 16 heavy (non-hydrogen) atoms. The Bertz CT molecular complexity index is 349. The van der Waals surface area contributed by atoms with Gasteiger partial charge in [0, 0.05) is 19.6 Å². The third-order valence-corrected chi connectivity index (χ3v) is 2.73. The van der Waals surface area contributed by atoms with E-state index in [1.54, 1.807) is 12.4 Å². The van der Waals surface area contributed by atoms with Crippen LogP contribution in [0.15, 0.2) is 18.5 Å². The molecule has 1 saturated heterocycles. The predicted octanol–water partition coefficient (Wildman–Crippen LogP) is 0.0552. The summed E-state index contributed by atoms with van der Waals surface area (Å²) in [6, 6.07) is 1.97. The molecule has 1 aliphatic heterocycles. The molecule has 0 saturated carbocycles. The van der Waals surface area contributed by atoms with Crippen LogP contribution < -0.4 is 10.2 Å². The maximum Gasteiger partial charge on any atom is 0.0990 e. The zero-order valence-electron chi connectivity index (χ0n) is 9.30. The van der Waals surface area contributed by atoms with Crippen LogP contribution in [0, 0.1) is 0 Å². The molecule has 0 bridgehead atoms. The molecule has 1 aliphatic rings. The number of hydrogen-bond acceptors (Lipinski definition) is 5. The fourth-order valence-corrected chi connectivity index (χ4v) is 1.88. The lowest BCUT2D eigenvalue weighted by Gasteiger charge is -2.18. The van der Waals surface area contributed by atoms with Gasteiger partial charge in [0.25, 0.3) is 0 Å². The van der Waals surface area contributed by atoms with Crippen molar-refractivity contribution in [3.05, 3.63) is 18.5 Å². The van der Waals surface area contributed by atoms with Crippen molar-refractivity contribution in [2.75, 3.05) is 29.9 Å². The van der Waals surface area contributed by atoms with E-state index in [1.807, 2.05) is 17.9 Å². The average Bonchev–Trinajstić information content (AvgIpc) is 2.60. The van der Waals surface area contributed by atoms with Crippen LogP contribution in [-0.4, -0.2) is 47.0 Å². The Morgan fingerprint density at radius 1 is 1.38 bits per heavy atom. The van der Waals surface area contributed by atoms with Gasteiger partial charge in [-0.2, -0.15) is 0 Å². The van der Waals surface area contributed by atoms with E-state index in [2.05, 4.69) is 10.3 Å². The topological polar surface area (TPSA) is 68.6 Å². The highest BCUT2D eigenvalue weighted by Crippen LogP contribution is 2.22. The fraction of sp³-hybridized carbons (Fsp3) is 0.545. The standard InChI is InChI=1S/C11H17N3O2/c1-2-13-8-3-9(5-12-4-8)14-6-10(15)11(16)7-14/h3-5,10-11,13,15-16H,2,6-7H2,1H3. The lowest BCUT2D eigenvalue weighted by atomic mass is 10.3. The number of nitrogens with one attached hydrogen (secondary N) is 1. The zero-order chi connectivity index (χ0) is 11.5. The van der Waals surface area contributed by atoms with Crippen molar-refractivity contribution >= 4 is 11.4 Å². The molecule has 0 aromatic carbocycles. The van der Waals surface area contributed by atoms with Gasteiger partial charge in [0.1, 0.15) is 0 Å². The van der Waals surface area contributed by atoms with Crippen molar-refractivity contribution < 1.29 is 10.2 Å². The van der Waals surface area contributed by atoms with Crippen LogP contribution in [0.5, 0.6) is 0 Å². The van der Waals surface area contributed by atoms with Crippen LogP contribution in [0.4, 0.5) is 11.4 Å². The first-order valence-electron chi connectivity index (χ1n) is 5.50. The first-order chi connectivity index (χ1) is 7.70. The van der Waals surface area contributed by atoms with Crippen molar-refractivity contribution in [2.45, 2.75) is 19.1 Å². The number of β-amino-alcohol motifs (C(OH)–C–C–N with tert-alkyl or cyclic N) is 2. The van der Waals surface area contributed by atoms with Gasteiger partial charge >= 0.3 is 0 Å².